The Morgan fingerprint density at radius 2 is 0.542 bits per heavy atom. The molecule has 0 aliphatic rings. The molecule has 0 bridgehead atoms. The summed E-state index contributed by atoms with van der Waals surface area (Å²) in [6.45, 7) is 0. The van der Waals surface area contributed by atoms with Gasteiger partial charge in [0.15, 0.2) is 0 Å². The minimum Gasteiger partial charge on any atom is -0.376 e. The number of hydrogen-bond acceptors (Lipinski definition) is 2. The van der Waals surface area contributed by atoms with Crippen LogP contribution in [0.4, 0.5) is 0 Å². The second-order valence-electron chi connectivity index (χ2n) is 12.3. The maximum Gasteiger partial charge on any atom is 0.141 e. The van der Waals surface area contributed by atoms with Crippen molar-refractivity contribution in [2.24, 2.45) is 0 Å². The molecule has 0 amide bonds. The standard InChI is InChI=1S/C46H34O2/c47-45(35-19-5-1-6-20-35,36-21-7-2-8-22-36)41-31-29-33-17-13-15-27-39(33)43(41)44-40-28-16-14-18-34(40)30-32-42(44)46(48,37-23-9-3-10-24-37)38-25-11-4-12-26-38/h1-32,47-48H. The van der Waals surface area contributed by atoms with E-state index in [1.807, 2.05) is 146 Å². The SMILES string of the molecule is OC(c1ccccc1)(c1ccccc1)c1ccc2ccccc2c1-c1c(C(O)(c2ccccc2)c2ccccc2)ccc2ccccc12. The quantitative estimate of drug-likeness (QED) is 0.175. The Balaban J connectivity index is 1.58. The summed E-state index contributed by atoms with van der Waals surface area (Å²) in [5, 5.41) is 30.8. The van der Waals surface area contributed by atoms with Gasteiger partial charge in [-0.3, -0.25) is 0 Å². The van der Waals surface area contributed by atoms with Gasteiger partial charge in [-0.1, -0.05) is 194 Å². The van der Waals surface area contributed by atoms with Gasteiger partial charge in [-0.25, -0.2) is 0 Å². The van der Waals surface area contributed by atoms with Crippen LogP contribution >= 0.6 is 0 Å². The Labute approximate surface area is 280 Å². The maximum absolute atomic E-state index is 13.4. The highest BCUT2D eigenvalue weighted by molar-refractivity contribution is 6.09. The van der Waals surface area contributed by atoms with Crippen molar-refractivity contribution in [2.45, 2.75) is 11.2 Å². The highest BCUT2D eigenvalue weighted by Crippen LogP contribution is 2.50. The highest BCUT2D eigenvalue weighted by Gasteiger charge is 2.41. The molecule has 0 saturated heterocycles. The van der Waals surface area contributed by atoms with E-state index >= 15 is 0 Å². The molecule has 0 saturated carbocycles. The fraction of sp³-hybridized carbons (Fsp3) is 0.0435. The molecule has 0 radical (unpaired) electrons. The molecule has 0 spiro atoms. The lowest BCUT2D eigenvalue weighted by Crippen LogP contribution is -2.31. The van der Waals surface area contributed by atoms with Crippen LogP contribution in [-0.2, 0) is 11.2 Å². The predicted octanol–water partition coefficient (Wildman–Crippen LogP) is 10.2. The summed E-state index contributed by atoms with van der Waals surface area (Å²) < 4.78 is 0. The van der Waals surface area contributed by atoms with E-state index in [9.17, 15) is 10.2 Å². The third-order valence-corrected chi connectivity index (χ3v) is 9.65. The van der Waals surface area contributed by atoms with Crippen LogP contribution in [0.1, 0.15) is 33.4 Å². The number of fused-ring (bicyclic) bond motifs is 2. The summed E-state index contributed by atoms with van der Waals surface area (Å²) in [6.07, 6.45) is 0. The van der Waals surface area contributed by atoms with Gasteiger partial charge in [0.25, 0.3) is 0 Å². The lowest BCUT2D eigenvalue weighted by Gasteiger charge is -2.36. The third kappa shape index (κ3) is 4.74. The van der Waals surface area contributed by atoms with Crippen LogP contribution in [-0.4, -0.2) is 10.2 Å². The Kier molecular flexibility index (Phi) is 7.46. The van der Waals surface area contributed by atoms with E-state index in [4.69, 9.17) is 0 Å². The molecule has 0 heterocycles. The van der Waals surface area contributed by atoms with Gasteiger partial charge in [-0.15, -0.1) is 0 Å². The lowest BCUT2D eigenvalue weighted by molar-refractivity contribution is 0.124. The first kappa shape index (κ1) is 29.6. The zero-order chi connectivity index (χ0) is 32.6. The van der Waals surface area contributed by atoms with Crippen LogP contribution in [0.25, 0.3) is 32.7 Å². The second kappa shape index (κ2) is 12.1. The minimum atomic E-state index is -1.52. The Morgan fingerprint density at radius 1 is 0.271 bits per heavy atom. The fourth-order valence-electron chi connectivity index (χ4n) is 7.36. The van der Waals surface area contributed by atoms with Crippen LogP contribution in [0.2, 0.25) is 0 Å². The molecule has 2 N–H and O–H groups in total. The molecule has 0 atom stereocenters. The topological polar surface area (TPSA) is 40.5 Å². The molecule has 0 aliphatic carbocycles. The van der Waals surface area contributed by atoms with E-state index in [1.54, 1.807) is 0 Å². The maximum atomic E-state index is 13.4. The lowest BCUT2D eigenvalue weighted by atomic mass is 9.71. The number of benzene rings is 8. The normalized spacial score (nSPS) is 12.0. The highest BCUT2D eigenvalue weighted by atomic mass is 16.3. The third-order valence-electron chi connectivity index (χ3n) is 9.65. The molecule has 8 rings (SSSR count). The molecule has 0 unspecified atom stereocenters. The summed E-state index contributed by atoms with van der Waals surface area (Å²) >= 11 is 0. The summed E-state index contributed by atoms with van der Waals surface area (Å²) in [5.74, 6) is 0. The average molecular weight is 619 g/mol. The largest absolute Gasteiger partial charge is 0.376 e. The van der Waals surface area contributed by atoms with Crippen molar-refractivity contribution < 1.29 is 10.2 Å². The summed E-state index contributed by atoms with van der Waals surface area (Å²) in [5.41, 5.74) is 3.22. The monoisotopic (exact) mass is 618 g/mol. The van der Waals surface area contributed by atoms with Crippen molar-refractivity contribution in [1.29, 1.82) is 0 Å². The number of hydrogen-bond donors (Lipinski definition) is 2. The van der Waals surface area contributed by atoms with Crippen molar-refractivity contribution >= 4 is 21.5 Å². The molecule has 0 aromatic heterocycles. The van der Waals surface area contributed by atoms with Crippen LogP contribution < -0.4 is 0 Å². The molecular weight excluding hydrogens is 585 g/mol. The van der Waals surface area contributed by atoms with Gasteiger partial charge >= 0.3 is 0 Å². The molecule has 2 heteroatoms. The van der Waals surface area contributed by atoms with Crippen molar-refractivity contribution in [3.8, 4) is 11.1 Å². The van der Waals surface area contributed by atoms with Crippen LogP contribution in [0.3, 0.4) is 0 Å². The first-order valence-electron chi connectivity index (χ1n) is 16.3. The van der Waals surface area contributed by atoms with E-state index in [1.165, 1.54) is 0 Å². The smallest absolute Gasteiger partial charge is 0.141 e. The zero-order valence-corrected chi connectivity index (χ0v) is 26.4. The van der Waals surface area contributed by atoms with Crippen LogP contribution in [0, 0.1) is 0 Å². The van der Waals surface area contributed by atoms with E-state index in [-0.39, 0.29) is 0 Å². The van der Waals surface area contributed by atoms with Gasteiger partial charge in [-0.2, -0.15) is 0 Å². The van der Waals surface area contributed by atoms with Gasteiger partial charge in [0, 0.05) is 11.1 Å². The van der Waals surface area contributed by atoms with E-state index in [2.05, 4.69) is 48.5 Å². The minimum absolute atomic E-state index is 0.736. The second-order valence-corrected chi connectivity index (χ2v) is 12.3. The number of aliphatic hydroxyl groups is 2. The fourth-order valence-corrected chi connectivity index (χ4v) is 7.36. The predicted molar refractivity (Wildman–Crippen MR) is 197 cm³/mol. The van der Waals surface area contributed by atoms with Gasteiger partial charge in [-0.05, 0) is 54.9 Å². The first-order valence-corrected chi connectivity index (χ1v) is 16.3. The van der Waals surface area contributed by atoms with Gasteiger partial charge in [0.1, 0.15) is 11.2 Å². The van der Waals surface area contributed by atoms with Gasteiger partial charge < -0.3 is 10.2 Å². The van der Waals surface area contributed by atoms with Crippen molar-refractivity contribution in [3.05, 3.63) is 228 Å². The average Bonchev–Trinajstić information content (AvgIpc) is 3.18. The van der Waals surface area contributed by atoms with E-state index in [0.29, 0.717) is 0 Å². The van der Waals surface area contributed by atoms with Gasteiger partial charge in [0.05, 0.1) is 0 Å². The van der Waals surface area contributed by atoms with Crippen LogP contribution in [0.15, 0.2) is 194 Å². The van der Waals surface area contributed by atoms with Crippen molar-refractivity contribution in [1.82, 2.24) is 0 Å². The molecule has 8 aromatic carbocycles. The molecule has 0 fully saturated rings. The summed E-state index contributed by atoms with van der Waals surface area (Å²) in [4.78, 5) is 0. The number of rotatable bonds is 7. The Bertz CT molecular complexity index is 2100. The summed E-state index contributed by atoms with van der Waals surface area (Å²) in [7, 11) is 0. The molecular formula is C46H34O2. The molecule has 2 nitrogen and oxygen atoms in total. The van der Waals surface area contributed by atoms with Crippen molar-refractivity contribution in [3.63, 3.8) is 0 Å². The molecule has 48 heavy (non-hydrogen) atoms. The molecule has 230 valence electrons. The Hall–Kier alpha value is -5.80. The molecule has 8 aromatic rings. The van der Waals surface area contributed by atoms with Crippen LogP contribution in [0.5, 0.6) is 0 Å². The summed E-state index contributed by atoms with van der Waals surface area (Å²) in [6, 6.07) is 64.5. The first-order chi connectivity index (χ1) is 23.6. The van der Waals surface area contributed by atoms with E-state index in [0.717, 1.165) is 66.1 Å². The van der Waals surface area contributed by atoms with Crippen molar-refractivity contribution in [2.75, 3.05) is 0 Å². The van der Waals surface area contributed by atoms with Gasteiger partial charge in [0.2, 0.25) is 0 Å². The Morgan fingerprint density at radius 3 is 0.854 bits per heavy atom. The van der Waals surface area contributed by atoms with E-state index < -0.39 is 11.2 Å². The molecule has 0 aliphatic heterocycles. The zero-order valence-electron chi connectivity index (χ0n) is 26.4.